The van der Waals surface area contributed by atoms with Crippen molar-refractivity contribution in [3.8, 4) is 0 Å². The molecule has 0 radical (unpaired) electrons. The maximum Gasteiger partial charge on any atom is 0.115 e. The van der Waals surface area contributed by atoms with Gasteiger partial charge in [-0.1, -0.05) is 34.6 Å². The second-order valence-corrected chi connectivity index (χ2v) is 5.15. The summed E-state index contributed by atoms with van der Waals surface area (Å²) in [5.41, 5.74) is 1.30. The van der Waals surface area contributed by atoms with E-state index in [1.54, 1.807) is 6.33 Å². The monoisotopic (exact) mass is 278 g/mol. The molecule has 0 aliphatic rings. The summed E-state index contributed by atoms with van der Waals surface area (Å²) in [5.74, 6) is 0. The fourth-order valence-corrected chi connectivity index (χ4v) is 3.42. The number of hydrogen-bond acceptors (Lipinski definition) is 4. The topological polar surface area (TPSA) is 41.1 Å². The van der Waals surface area contributed by atoms with E-state index in [1.165, 1.54) is 5.56 Å². The Bertz CT molecular complexity index is 358. The molecule has 0 aliphatic carbocycles. The lowest BCUT2D eigenvalue weighted by atomic mass is 9.79. The molecule has 0 aromatic carbocycles. The van der Waals surface area contributed by atoms with Gasteiger partial charge in [0.25, 0.3) is 0 Å². The lowest BCUT2D eigenvalue weighted by Crippen LogP contribution is -2.56. The van der Waals surface area contributed by atoms with Crippen LogP contribution in [-0.2, 0) is 0 Å². The van der Waals surface area contributed by atoms with E-state index < -0.39 is 0 Å². The Hall–Kier alpha value is -1.00. The van der Waals surface area contributed by atoms with E-state index in [2.05, 4.69) is 54.8 Å². The first-order valence-electron chi connectivity index (χ1n) is 7.93. The molecule has 1 rings (SSSR count). The van der Waals surface area contributed by atoms with Crippen LogP contribution >= 0.6 is 0 Å². The quantitative estimate of drug-likeness (QED) is 0.754. The van der Waals surface area contributed by atoms with Gasteiger partial charge in [-0.05, 0) is 32.5 Å². The highest BCUT2D eigenvalue weighted by Gasteiger charge is 2.40. The van der Waals surface area contributed by atoms with Gasteiger partial charge in [0.1, 0.15) is 6.33 Å². The van der Waals surface area contributed by atoms with Gasteiger partial charge in [0.05, 0.1) is 6.04 Å². The Kier molecular flexibility index (Phi) is 7.10. The molecular formula is C16H30N4. The number of rotatable bonds is 9. The Morgan fingerprint density at radius 3 is 2.00 bits per heavy atom. The maximum atomic E-state index is 4.21. The lowest BCUT2D eigenvalue weighted by molar-refractivity contribution is 0.0490. The van der Waals surface area contributed by atoms with Crippen molar-refractivity contribution in [3.05, 3.63) is 24.3 Å². The minimum absolute atomic E-state index is 0.115. The third kappa shape index (κ3) is 3.36. The zero-order valence-corrected chi connectivity index (χ0v) is 13.7. The van der Waals surface area contributed by atoms with Crippen LogP contribution < -0.4 is 5.32 Å². The van der Waals surface area contributed by atoms with E-state index in [9.17, 15) is 0 Å². The molecule has 1 heterocycles. The first-order valence-corrected chi connectivity index (χ1v) is 7.93. The molecule has 0 saturated heterocycles. The minimum atomic E-state index is 0.115. The van der Waals surface area contributed by atoms with Crippen LogP contribution in [0.2, 0.25) is 0 Å². The molecule has 0 aliphatic heterocycles. The van der Waals surface area contributed by atoms with Gasteiger partial charge in [0.2, 0.25) is 0 Å². The van der Waals surface area contributed by atoms with Crippen molar-refractivity contribution in [2.24, 2.45) is 0 Å². The van der Waals surface area contributed by atoms with Crippen LogP contribution in [0.3, 0.4) is 0 Å². The molecule has 1 atom stereocenters. The molecule has 4 heteroatoms. The molecule has 1 aromatic rings. The average molecular weight is 278 g/mol. The summed E-state index contributed by atoms with van der Waals surface area (Å²) in [6.45, 7) is 14.3. The summed E-state index contributed by atoms with van der Waals surface area (Å²) in [6, 6.07) is 0.267. The summed E-state index contributed by atoms with van der Waals surface area (Å²) in [6.07, 6.45) is 7.72. The van der Waals surface area contributed by atoms with Gasteiger partial charge < -0.3 is 5.32 Å². The average Bonchev–Trinajstić information content (AvgIpc) is 2.52. The SMILES string of the molecule is CCNC(c1cncnc1)C(CC)(CC)N(CC)CC. The van der Waals surface area contributed by atoms with E-state index in [-0.39, 0.29) is 11.6 Å². The standard InChI is InChI=1S/C16H30N4/c1-6-16(7-2,20(9-4)10-5)15(19-8-3)14-11-17-13-18-12-14/h11-13,15,19H,6-10H2,1-5H3. The van der Waals surface area contributed by atoms with Crippen LogP contribution in [0.25, 0.3) is 0 Å². The highest BCUT2D eigenvalue weighted by atomic mass is 15.2. The number of nitrogens with one attached hydrogen (secondary N) is 1. The maximum absolute atomic E-state index is 4.21. The second-order valence-electron chi connectivity index (χ2n) is 5.15. The fourth-order valence-electron chi connectivity index (χ4n) is 3.42. The smallest absolute Gasteiger partial charge is 0.115 e. The predicted molar refractivity (Wildman–Crippen MR) is 84.7 cm³/mol. The summed E-state index contributed by atoms with van der Waals surface area (Å²) >= 11 is 0. The first kappa shape index (κ1) is 17.1. The zero-order valence-electron chi connectivity index (χ0n) is 13.7. The lowest BCUT2D eigenvalue weighted by Gasteiger charge is -2.48. The fraction of sp³-hybridized carbons (Fsp3) is 0.750. The molecule has 1 unspecified atom stereocenters. The van der Waals surface area contributed by atoms with Crippen molar-refractivity contribution < 1.29 is 0 Å². The Labute approximate surface area is 124 Å². The second kappa shape index (κ2) is 8.32. The molecule has 1 aromatic heterocycles. The summed E-state index contributed by atoms with van der Waals surface area (Å²) in [4.78, 5) is 11.0. The number of hydrogen-bond donors (Lipinski definition) is 1. The van der Waals surface area contributed by atoms with Crippen molar-refractivity contribution in [1.82, 2.24) is 20.2 Å². The molecule has 0 spiro atoms. The van der Waals surface area contributed by atoms with E-state index in [4.69, 9.17) is 0 Å². The first-order chi connectivity index (χ1) is 9.69. The molecule has 0 amide bonds. The molecule has 114 valence electrons. The van der Waals surface area contributed by atoms with E-state index in [0.29, 0.717) is 0 Å². The van der Waals surface area contributed by atoms with Crippen molar-refractivity contribution in [2.45, 2.75) is 59.0 Å². The molecule has 1 N–H and O–H groups in total. The number of likely N-dealkylation sites (N-methyl/N-ethyl adjacent to an activating group) is 2. The Morgan fingerprint density at radius 1 is 1.05 bits per heavy atom. The van der Waals surface area contributed by atoms with Gasteiger partial charge in [-0.25, -0.2) is 9.97 Å². The Morgan fingerprint density at radius 2 is 1.60 bits per heavy atom. The van der Waals surface area contributed by atoms with Crippen molar-refractivity contribution in [1.29, 1.82) is 0 Å². The van der Waals surface area contributed by atoms with Crippen molar-refractivity contribution >= 4 is 0 Å². The van der Waals surface area contributed by atoms with Gasteiger partial charge >= 0.3 is 0 Å². The third-order valence-electron chi connectivity index (χ3n) is 4.48. The van der Waals surface area contributed by atoms with Crippen molar-refractivity contribution in [2.75, 3.05) is 19.6 Å². The van der Waals surface area contributed by atoms with Gasteiger partial charge in [0.15, 0.2) is 0 Å². The van der Waals surface area contributed by atoms with Crippen molar-refractivity contribution in [3.63, 3.8) is 0 Å². The van der Waals surface area contributed by atoms with Crippen LogP contribution in [0.4, 0.5) is 0 Å². The van der Waals surface area contributed by atoms with E-state index >= 15 is 0 Å². The van der Waals surface area contributed by atoms with Gasteiger partial charge in [-0.3, -0.25) is 4.90 Å². The molecule has 0 bridgehead atoms. The van der Waals surface area contributed by atoms with Gasteiger partial charge in [-0.15, -0.1) is 0 Å². The highest BCUT2D eigenvalue weighted by molar-refractivity contribution is 5.17. The van der Waals surface area contributed by atoms with E-state index in [1.807, 2.05) is 12.4 Å². The summed E-state index contributed by atoms with van der Waals surface area (Å²) in [7, 11) is 0. The predicted octanol–water partition coefficient (Wildman–Crippen LogP) is 3.03. The van der Waals surface area contributed by atoms with Crippen LogP contribution in [0.15, 0.2) is 18.7 Å². The van der Waals surface area contributed by atoms with E-state index in [0.717, 1.165) is 32.5 Å². The molecule has 0 saturated carbocycles. The van der Waals surface area contributed by atoms with Crippen LogP contribution in [-0.4, -0.2) is 40.0 Å². The largest absolute Gasteiger partial charge is 0.309 e. The van der Waals surface area contributed by atoms with Crippen LogP contribution in [0.1, 0.15) is 59.1 Å². The highest BCUT2D eigenvalue weighted by Crippen LogP contribution is 2.36. The van der Waals surface area contributed by atoms with Gasteiger partial charge in [0, 0.05) is 23.5 Å². The number of nitrogens with zero attached hydrogens (tertiary/aromatic N) is 3. The summed E-state index contributed by atoms with van der Waals surface area (Å²) in [5, 5.41) is 3.67. The van der Waals surface area contributed by atoms with Crippen LogP contribution in [0.5, 0.6) is 0 Å². The molecule has 0 fully saturated rings. The molecule has 4 nitrogen and oxygen atoms in total. The molecular weight excluding hydrogens is 248 g/mol. The minimum Gasteiger partial charge on any atom is -0.309 e. The normalized spacial score (nSPS) is 13.7. The molecule has 20 heavy (non-hydrogen) atoms. The third-order valence-corrected chi connectivity index (χ3v) is 4.48. The van der Waals surface area contributed by atoms with Crippen LogP contribution in [0, 0.1) is 0 Å². The Balaban J connectivity index is 3.24. The zero-order chi connectivity index (χ0) is 15.0. The van der Waals surface area contributed by atoms with Gasteiger partial charge in [-0.2, -0.15) is 0 Å². The number of aromatic nitrogens is 2. The summed E-state index contributed by atoms with van der Waals surface area (Å²) < 4.78 is 0.